The SMILES string of the molecule is CCOc1ccccc1-c1nnc(CCNC(C)(C)C)s1. The van der Waals surface area contributed by atoms with Crippen molar-refractivity contribution >= 4 is 11.3 Å². The molecule has 1 aromatic heterocycles. The minimum absolute atomic E-state index is 0.134. The van der Waals surface area contributed by atoms with Crippen molar-refractivity contribution in [1.82, 2.24) is 15.5 Å². The molecule has 0 radical (unpaired) electrons. The van der Waals surface area contributed by atoms with Crippen molar-refractivity contribution in [3.05, 3.63) is 29.3 Å². The monoisotopic (exact) mass is 305 g/mol. The van der Waals surface area contributed by atoms with Gasteiger partial charge in [-0.3, -0.25) is 0 Å². The molecule has 1 N–H and O–H groups in total. The van der Waals surface area contributed by atoms with E-state index in [0.29, 0.717) is 6.61 Å². The lowest BCUT2D eigenvalue weighted by atomic mass is 10.1. The van der Waals surface area contributed by atoms with E-state index in [0.717, 1.165) is 34.3 Å². The van der Waals surface area contributed by atoms with Gasteiger partial charge in [0.25, 0.3) is 0 Å². The molecule has 2 rings (SSSR count). The number of hydrogen-bond donors (Lipinski definition) is 1. The van der Waals surface area contributed by atoms with Gasteiger partial charge in [-0.25, -0.2) is 0 Å². The predicted octanol–water partition coefficient (Wildman–Crippen LogP) is 3.53. The molecular formula is C16H23N3OS. The standard InChI is InChI=1S/C16H23N3OS/c1-5-20-13-9-7-6-8-12(13)15-19-18-14(21-15)10-11-17-16(2,3)4/h6-9,17H,5,10-11H2,1-4H3. The first-order valence-corrected chi connectivity index (χ1v) is 8.11. The summed E-state index contributed by atoms with van der Waals surface area (Å²) >= 11 is 1.63. The van der Waals surface area contributed by atoms with Crippen LogP contribution in [0.2, 0.25) is 0 Å². The third-order valence-electron chi connectivity index (χ3n) is 2.88. The van der Waals surface area contributed by atoms with Gasteiger partial charge in [0.2, 0.25) is 0 Å². The molecule has 0 unspecified atom stereocenters. The highest BCUT2D eigenvalue weighted by molar-refractivity contribution is 7.14. The fraction of sp³-hybridized carbons (Fsp3) is 0.500. The number of para-hydroxylation sites is 1. The Morgan fingerprint density at radius 2 is 1.95 bits per heavy atom. The van der Waals surface area contributed by atoms with Gasteiger partial charge < -0.3 is 10.1 Å². The summed E-state index contributed by atoms with van der Waals surface area (Å²) < 4.78 is 5.65. The summed E-state index contributed by atoms with van der Waals surface area (Å²) in [6.45, 7) is 10.0. The third kappa shape index (κ3) is 4.79. The van der Waals surface area contributed by atoms with E-state index in [1.807, 2.05) is 31.2 Å². The van der Waals surface area contributed by atoms with Gasteiger partial charge in [-0.1, -0.05) is 23.5 Å². The zero-order valence-electron chi connectivity index (χ0n) is 13.1. The second kappa shape index (κ2) is 7.00. The van der Waals surface area contributed by atoms with E-state index in [1.54, 1.807) is 11.3 Å². The van der Waals surface area contributed by atoms with Crippen LogP contribution < -0.4 is 10.1 Å². The van der Waals surface area contributed by atoms with Crippen LogP contribution in [0.1, 0.15) is 32.7 Å². The molecule has 0 aliphatic carbocycles. The lowest BCUT2D eigenvalue weighted by Crippen LogP contribution is -2.37. The number of hydrogen-bond acceptors (Lipinski definition) is 5. The Hall–Kier alpha value is -1.46. The van der Waals surface area contributed by atoms with E-state index in [-0.39, 0.29) is 5.54 Å². The molecular weight excluding hydrogens is 282 g/mol. The molecule has 4 nitrogen and oxygen atoms in total. The number of nitrogens with one attached hydrogen (secondary N) is 1. The Labute approximate surface area is 130 Å². The van der Waals surface area contributed by atoms with Gasteiger partial charge >= 0.3 is 0 Å². The topological polar surface area (TPSA) is 47.0 Å². The van der Waals surface area contributed by atoms with E-state index in [1.165, 1.54) is 0 Å². The minimum Gasteiger partial charge on any atom is -0.493 e. The summed E-state index contributed by atoms with van der Waals surface area (Å²) in [6.07, 6.45) is 0.895. The normalized spacial score (nSPS) is 11.6. The second-order valence-electron chi connectivity index (χ2n) is 5.86. The van der Waals surface area contributed by atoms with Crippen LogP contribution in [0.25, 0.3) is 10.6 Å². The van der Waals surface area contributed by atoms with Gasteiger partial charge in [0.15, 0.2) is 5.01 Å². The highest BCUT2D eigenvalue weighted by Gasteiger charge is 2.13. The first kappa shape index (κ1) is 15.9. The summed E-state index contributed by atoms with van der Waals surface area (Å²) in [5.74, 6) is 0.871. The van der Waals surface area contributed by atoms with E-state index in [2.05, 4.69) is 36.3 Å². The van der Waals surface area contributed by atoms with Crippen molar-refractivity contribution in [3.63, 3.8) is 0 Å². The van der Waals surface area contributed by atoms with Gasteiger partial charge in [-0.15, -0.1) is 10.2 Å². The molecule has 1 aromatic carbocycles. The summed E-state index contributed by atoms with van der Waals surface area (Å²) in [4.78, 5) is 0. The van der Waals surface area contributed by atoms with Crippen LogP contribution in [-0.4, -0.2) is 28.9 Å². The summed E-state index contributed by atoms with van der Waals surface area (Å²) in [6, 6.07) is 7.98. The summed E-state index contributed by atoms with van der Waals surface area (Å²) in [5.41, 5.74) is 1.15. The number of ether oxygens (including phenoxy) is 1. The lowest BCUT2D eigenvalue weighted by Gasteiger charge is -2.19. The van der Waals surface area contributed by atoms with Crippen molar-refractivity contribution in [1.29, 1.82) is 0 Å². The van der Waals surface area contributed by atoms with Gasteiger partial charge in [-0.05, 0) is 39.8 Å². The van der Waals surface area contributed by atoms with Gasteiger partial charge in [0, 0.05) is 18.5 Å². The van der Waals surface area contributed by atoms with Gasteiger partial charge in [-0.2, -0.15) is 0 Å². The molecule has 0 fully saturated rings. The molecule has 5 heteroatoms. The van der Waals surface area contributed by atoms with Crippen molar-refractivity contribution in [2.75, 3.05) is 13.2 Å². The molecule has 0 spiro atoms. The fourth-order valence-electron chi connectivity index (χ4n) is 1.93. The zero-order valence-corrected chi connectivity index (χ0v) is 14.0. The van der Waals surface area contributed by atoms with Crippen molar-refractivity contribution in [2.45, 2.75) is 39.7 Å². The zero-order chi connectivity index (χ0) is 15.3. The van der Waals surface area contributed by atoms with E-state index < -0.39 is 0 Å². The Kier molecular flexibility index (Phi) is 5.31. The molecule has 1 heterocycles. The molecule has 0 saturated carbocycles. The number of nitrogens with zero attached hydrogens (tertiary/aromatic N) is 2. The van der Waals surface area contributed by atoms with Crippen LogP contribution in [-0.2, 0) is 6.42 Å². The van der Waals surface area contributed by atoms with Crippen molar-refractivity contribution in [3.8, 4) is 16.3 Å². The molecule has 0 saturated heterocycles. The average Bonchev–Trinajstić information content (AvgIpc) is 2.87. The smallest absolute Gasteiger partial charge is 0.151 e. The molecule has 0 amide bonds. The highest BCUT2D eigenvalue weighted by Crippen LogP contribution is 2.31. The quantitative estimate of drug-likeness (QED) is 0.887. The maximum atomic E-state index is 5.65. The minimum atomic E-state index is 0.134. The molecule has 0 atom stereocenters. The van der Waals surface area contributed by atoms with Crippen molar-refractivity contribution in [2.24, 2.45) is 0 Å². The third-order valence-corrected chi connectivity index (χ3v) is 3.89. The van der Waals surface area contributed by atoms with Crippen LogP contribution in [0.15, 0.2) is 24.3 Å². The summed E-state index contributed by atoms with van der Waals surface area (Å²) in [5, 5.41) is 14.0. The number of rotatable bonds is 6. The number of benzene rings is 1. The van der Waals surface area contributed by atoms with E-state index >= 15 is 0 Å². The molecule has 0 aliphatic rings. The Balaban J connectivity index is 2.06. The van der Waals surface area contributed by atoms with Gasteiger partial charge in [0.05, 0.1) is 12.2 Å². The predicted molar refractivity (Wildman–Crippen MR) is 88.0 cm³/mol. The van der Waals surface area contributed by atoms with Crippen LogP contribution in [0, 0.1) is 0 Å². The average molecular weight is 305 g/mol. The van der Waals surface area contributed by atoms with Crippen LogP contribution >= 0.6 is 11.3 Å². The highest BCUT2D eigenvalue weighted by atomic mass is 32.1. The summed E-state index contributed by atoms with van der Waals surface area (Å²) in [7, 11) is 0. The first-order chi connectivity index (χ1) is 9.99. The maximum absolute atomic E-state index is 5.65. The van der Waals surface area contributed by atoms with E-state index in [4.69, 9.17) is 4.74 Å². The molecule has 0 aliphatic heterocycles. The van der Waals surface area contributed by atoms with E-state index in [9.17, 15) is 0 Å². The molecule has 2 aromatic rings. The molecule has 21 heavy (non-hydrogen) atoms. The van der Waals surface area contributed by atoms with Crippen LogP contribution in [0.5, 0.6) is 5.75 Å². The Morgan fingerprint density at radius 3 is 2.67 bits per heavy atom. The Bertz CT molecular complexity index is 575. The first-order valence-electron chi connectivity index (χ1n) is 7.29. The molecule has 114 valence electrons. The maximum Gasteiger partial charge on any atom is 0.151 e. The van der Waals surface area contributed by atoms with Gasteiger partial charge in [0.1, 0.15) is 10.8 Å². The van der Waals surface area contributed by atoms with Crippen LogP contribution in [0.3, 0.4) is 0 Å². The van der Waals surface area contributed by atoms with Crippen molar-refractivity contribution < 1.29 is 4.74 Å². The van der Waals surface area contributed by atoms with Crippen LogP contribution in [0.4, 0.5) is 0 Å². The number of aromatic nitrogens is 2. The lowest BCUT2D eigenvalue weighted by molar-refractivity contribution is 0.341. The molecule has 0 bridgehead atoms. The fourth-order valence-corrected chi connectivity index (χ4v) is 2.80. The largest absolute Gasteiger partial charge is 0.493 e. The Morgan fingerprint density at radius 1 is 1.19 bits per heavy atom. The second-order valence-corrected chi connectivity index (χ2v) is 6.92.